The molecule has 1 aromatic heterocycles. The predicted octanol–water partition coefficient (Wildman–Crippen LogP) is 5.71. The Kier molecular flexibility index (Phi) is 6.30. The van der Waals surface area contributed by atoms with Gasteiger partial charge in [0.2, 0.25) is 5.91 Å². The number of H-pyrrole nitrogens is 1. The number of nitrogens with zero attached hydrogens (tertiary/aromatic N) is 1. The summed E-state index contributed by atoms with van der Waals surface area (Å²) in [7, 11) is 0. The van der Waals surface area contributed by atoms with Gasteiger partial charge in [-0.15, -0.1) is 0 Å². The van der Waals surface area contributed by atoms with Crippen LogP contribution in [0.25, 0.3) is 22.5 Å². The van der Waals surface area contributed by atoms with Crippen LogP contribution in [-0.4, -0.2) is 21.6 Å². The molecule has 1 atom stereocenters. The second kappa shape index (κ2) is 9.46. The molecule has 0 aliphatic carbocycles. The molecule has 4 rings (SSSR count). The van der Waals surface area contributed by atoms with Crippen LogP contribution < -0.4 is 5.32 Å². The molecule has 1 heterocycles. The first-order valence-electron chi connectivity index (χ1n) is 9.88. The Hall–Kier alpha value is -3.31. The van der Waals surface area contributed by atoms with Gasteiger partial charge in [0.15, 0.2) is 5.16 Å². The monoisotopic (exact) mass is 413 g/mol. The largest absolute Gasteiger partial charge is 0.349 e. The number of hydrogen-bond acceptors (Lipinski definition) is 3. The maximum absolute atomic E-state index is 12.5. The van der Waals surface area contributed by atoms with Crippen LogP contribution in [0, 0.1) is 0 Å². The summed E-state index contributed by atoms with van der Waals surface area (Å²) in [5.41, 5.74) is 5.05. The molecule has 0 fully saturated rings. The molecule has 4 aromatic rings. The fourth-order valence-electron chi connectivity index (χ4n) is 3.28. The Morgan fingerprint density at radius 3 is 2.10 bits per heavy atom. The third-order valence-electron chi connectivity index (χ3n) is 4.81. The van der Waals surface area contributed by atoms with Gasteiger partial charge in [-0.1, -0.05) is 103 Å². The number of nitrogens with one attached hydrogen (secondary N) is 2. The number of thioether (sulfide) groups is 1. The van der Waals surface area contributed by atoms with Crippen LogP contribution in [0.15, 0.2) is 96.2 Å². The zero-order chi connectivity index (χ0) is 20.8. The quantitative estimate of drug-likeness (QED) is 0.381. The molecule has 0 saturated heterocycles. The number of benzene rings is 3. The van der Waals surface area contributed by atoms with Gasteiger partial charge >= 0.3 is 0 Å². The van der Waals surface area contributed by atoms with Crippen molar-refractivity contribution in [1.82, 2.24) is 15.3 Å². The number of carbonyl (C=O) groups is 1. The zero-order valence-corrected chi connectivity index (χ0v) is 17.5. The van der Waals surface area contributed by atoms with Crippen molar-refractivity contribution in [2.24, 2.45) is 0 Å². The predicted molar refractivity (Wildman–Crippen MR) is 123 cm³/mol. The fraction of sp³-hybridized carbons (Fsp3) is 0.120. The average Bonchev–Trinajstić information content (AvgIpc) is 3.24. The lowest BCUT2D eigenvalue weighted by Gasteiger charge is -2.13. The highest BCUT2D eigenvalue weighted by Gasteiger charge is 2.16. The molecule has 1 amide bonds. The first-order valence-corrected chi connectivity index (χ1v) is 10.9. The molecule has 150 valence electrons. The van der Waals surface area contributed by atoms with E-state index in [2.05, 4.69) is 22.4 Å². The summed E-state index contributed by atoms with van der Waals surface area (Å²) in [4.78, 5) is 20.7. The normalized spacial score (nSPS) is 11.8. The van der Waals surface area contributed by atoms with Crippen molar-refractivity contribution in [1.29, 1.82) is 0 Å². The van der Waals surface area contributed by atoms with Crippen molar-refractivity contribution in [2.45, 2.75) is 18.1 Å². The van der Waals surface area contributed by atoms with Gasteiger partial charge in [0, 0.05) is 11.1 Å². The summed E-state index contributed by atoms with van der Waals surface area (Å²) < 4.78 is 0. The molecule has 0 aliphatic heterocycles. The highest BCUT2D eigenvalue weighted by molar-refractivity contribution is 7.99. The van der Waals surface area contributed by atoms with Crippen LogP contribution in [0.4, 0.5) is 0 Å². The third-order valence-corrected chi connectivity index (χ3v) is 5.68. The standard InChI is InChI=1S/C25H23N3OS/c1-18(19-11-5-2-6-12-19)26-22(29)17-30-25-27-23(20-13-7-3-8-14-20)24(28-25)21-15-9-4-10-16-21/h2-16,18H,17H2,1H3,(H,26,29)(H,27,28). The van der Waals surface area contributed by atoms with E-state index >= 15 is 0 Å². The number of carbonyl (C=O) groups excluding carboxylic acids is 1. The first kappa shape index (κ1) is 20.0. The number of imidazole rings is 1. The van der Waals surface area contributed by atoms with Crippen LogP contribution in [0.3, 0.4) is 0 Å². The molecule has 0 radical (unpaired) electrons. The highest BCUT2D eigenvalue weighted by Crippen LogP contribution is 2.32. The molecular formula is C25H23N3OS. The molecule has 3 aromatic carbocycles. The van der Waals surface area contributed by atoms with Crippen LogP contribution in [0.5, 0.6) is 0 Å². The van der Waals surface area contributed by atoms with E-state index in [1.807, 2.05) is 85.8 Å². The summed E-state index contributed by atoms with van der Waals surface area (Å²) in [6.45, 7) is 1.99. The maximum atomic E-state index is 12.5. The van der Waals surface area contributed by atoms with E-state index in [1.165, 1.54) is 11.8 Å². The molecule has 30 heavy (non-hydrogen) atoms. The SMILES string of the molecule is CC(NC(=O)CSc1nc(-c2ccccc2)c(-c2ccccc2)[nH]1)c1ccccc1. The molecule has 5 heteroatoms. The van der Waals surface area contributed by atoms with Crippen LogP contribution in [0.2, 0.25) is 0 Å². The Morgan fingerprint density at radius 1 is 0.900 bits per heavy atom. The van der Waals surface area contributed by atoms with Crippen molar-refractivity contribution >= 4 is 17.7 Å². The van der Waals surface area contributed by atoms with Crippen molar-refractivity contribution in [3.05, 3.63) is 96.6 Å². The minimum absolute atomic E-state index is 0.0183. The van der Waals surface area contributed by atoms with Gasteiger partial charge in [-0.25, -0.2) is 4.98 Å². The second-order valence-corrected chi connectivity index (χ2v) is 7.95. The van der Waals surface area contributed by atoms with Crippen molar-refractivity contribution < 1.29 is 4.79 Å². The Morgan fingerprint density at radius 2 is 1.47 bits per heavy atom. The third kappa shape index (κ3) is 4.81. The molecule has 0 bridgehead atoms. The number of rotatable bonds is 7. The highest BCUT2D eigenvalue weighted by atomic mass is 32.2. The van der Waals surface area contributed by atoms with E-state index in [-0.39, 0.29) is 11.9 Å². The molecule has 0 aliphatic rings. The summed E-state index contributed by atoms with van der Waals surface area (Å²) in [5.74, 6) is 0.280. The van der Waals surface area contributed by atoms with Gasteiger partial charge in [0.05, 0.1) is 23.2 Å². The Labute approximate surface area is 180 Å². The van der Waals surface area contributed by atoms with Gasteiger partial charge < -0.3 is 10.3 Å². The minimum Gasteiger partial charge on any atom is -0.349 e. The Bertz CT molecular complexity index is 1040. The number of hydrogen-bond donors (Lipinski definition) is 2. The lowest BCUT2D eigenvalue weighted by atomic mass is 10.1. The molecule has 0 spiro atoms. The number of aromatic nitrogens is 2. The van der Waals surface area contributed by atoms with Crippen LogP contribution in [-0.2, 0) is 4.79 Å². The number of aromatic amines is 1. The topological polar surface area (TPSA) is 57.8 Å². The lowest BCUT2D eigenvalue weighted by molar-refractivity contribution is -0.119. The van der Waals surface area contributed by atoms with E-state index in [9.17, 15) is 4.79 Å². The van der Waals surface area contributed by atoms with Gasteiger partial charge in [-0.3, -0.25) is 4.79 Å². The van der Waals surface area contributed by atoms with Crippen LogP contribution >= 0.6 is 11.8 Å². The summed E-state index contributed by atoms with van der Waals surface area (Å²) >= 11 is 1.41. The van der Waals surface area contributed by atoms with E-state index in [0.717, 1.165) is 33.2 Å². The summed E-state index contributed by atoms with van der Waals surface area (Å²) in [6, 6.07) is 30.2. The van der Waals surface area contributed by atoms with E-state index < -0.39 is 0 Å². The Balaban J connectivity index is 1.49. The summed E-state index contributed by atoms with van der Waals surface area (Å²) in [5, 5.41) is 3.78. The molecule has 0 saturated carbocycles. The van der Waals surface area contributed by atoms with Gasteiger partial charge in [0.25, 0.3) is 0 Å². The number of amides is 1. The zero-order valence-electron chi connectivity index (χ0n) is 16.7. The van der Waals surface area contributed by atoms with Gasteiger partial charge in [0.1, 0.15) is 0 Å². The minimum atomic E-state index is -0.0318. The van der Waals surface area contributed by atoms with E-state index in [0.29, 0.717) is 5.75 Å². The van der Waals surface area contributed by atoms with Crippen molar-refractivity contribution in [2.75, 3.05) is 5.75 Å². The van der Waals surface area contributed by atoms with Crippen molar-refractivity contribution in [3.63, 3.8) is 0 Å². The molecule has 2 N–H and O–H groups in total. The lowest BCUT2D eigenvalue weighted by Crippen LogP contribution is -2.28. The van der Waals surface area contributed by atoms with E-state index in [4.69, 9.17) is 4.98 Å². The van der Waals surface area contributed by atoms with E-state index in [1.54, 1.807) is 0 Å². The molecular weight excluding hydrogens is 390 g/mol. The van der Waals surface area contributed by atoms with Crippen LogP contribution in [0.1, 0.15) is 18.5 Å². The second-order valence-electron chi connectivity index (χ2n) is 6.99. The van der Waals surface area contributed by atoms with Gasteiger partial charge in [-0.2, -0.15) is 0 Å². The fourth-order valence-corrected chi connectivity index (χ4v) is 3.96. The average molecular weight is 414 g/mol. The van der Waals surface area contributed by atoms with Gasteiger partial charge in [-0.05, 0) is 12.5 Å². The smallest absolute Gasteiger partial charge is 0.230 e. The first-order chi connectivity index (χ1) is 14.7. The van der Waals surface area contributed by atoms with Crippen molar-refractivity contribution in [3.8, 4) is 22.5 Å². The maximum Gasteiger partial charge on any atom is 0.230 e. The molecule has 1 unspecified atom stereocenters. The molecule has 4 nitrogen and oxygen atoms in total. The summed E-state index contributed by atoms with van der Waals surface area (Å²) in [6.07, 6.45) is 0.